The van der Waals surface area contributed by atoms with E-state index in [1.165, 1.54) is 11.3 Å². The number of rotatable bonds is 2. The van der Waals surface area contributed by atoms with E-state index in [0.717, 1.165) is 10.1 Å². The molecule has 1 aromatic carbocycles. The molecule has 2 aromatic rings. The van der Waals surface area contributed by atoms with Gasteiger partial charge in [-0.15, -0.1) is 17.8 Å². The summed E-state index contributed by atoms with van der Waals surface area (Å²) >= 11 is 7.19. The first-order valence-electron chi connectivity index (χ1n) is 4.82. The maximum Gasteiger partial charge on any atom is 0.264 e. The number of carbonyl (C=O) groups excluding carboxylic acids is 1. The van der Waals surface area contributed by atoms with Crippen molar-refractivity contribution in [2.45, 2.75) is 0 Å². The molecule has 0 saturated carbocycles. The Morgan fingerprint density at radius 2 is 2.35 bits per heavy atom. The average molecular weight is 265 g/mol. The van der Waals surface area contributed by atoms with Crippen molar-refractivity contribution in [2.75, 3.05) is 12.3 Å². The maximum atomic E-state index is 11.8. The Labute approximate surface area is 108 Å². The van der Waals surface area contributed by atoms with Crippen LogP contribution in [0.4, 0.5) is 5.69 Å². The number of halogens is 1. The molecule has 86 valence electrons. The number of hydrogen-bond acceptors (Lipinski definition) is 3. The lowest BCUT2D eigenvalue weighted by atomic mass is 10.2. The van der Waals surface area contributed by atoms with Crippen molar-refractivity contribution >= 4 is 44.6 Å². The number of terminal acetylenes is 1. The molecule has 0 aliphatic carbocycles. The van der Waals surface area contributed by atoms with Gasteiger partial charge in [0.15, 0.2) is 0 Å². The van der Waals surface area contributed by atoms with Crippen molar-refractivity contribution in [2.24, 2.45) is 0 Å². The summed E-state index contributed by atoms with van der Waals surface area (Å²) in [4.78, 5) is 12.2. The fourth-order valence-corrected chi connectivity index (χ4v) is 2.79. The van der Waals surface area contributed by atoms with Crippen LogP contribution in [0.25, 0.3) is 10.1 Å². The van der Waals surface area contributed by atoms with Crippen molar-refractivity contribution in [3.05, 3.63) is 28.1 Å². The Morgan fingerprint density at radius 3 is 3.06 bits per heavy atom. The van der Waals surface area contributed by atoms with Crippen LogP contribution in [0.3, 0.4) is 0 Å². The third-order valence-corrected chi connectivity index (χ3v) is 3.65. The Balaban J connectivity index is 2.45. The van der Waals surface area contributed by atoms with Crippen LogP contribution in [0.5, 0.6) is 0 Å². The average Bonchev–Trinajstić information content (AvgIpc) is 2.63. The molecule has 3 nitrogen and oxygen atoms in total. The summed E-state index contributed by atoms with van der Waals surface area (Å²) in [6, 6.07) is 5.34. The molecule has 0 atom stereocenters. The summed E-state index contributed by atoms with van der Waals surface area (Å²) in [5, 5.41) is 4.05. The van der Waals surface area contributed by atoms with E-state index in [2.05, 4.69) is 11.2 Å². The number of amides is 1. The van der Waals surface area contributed by atoms with Gasteiger partial charge < -0.3 is 11.1 Å². The number of nitrogens with one attached hydrogen (secondary N) is 1. The second-order valence-electron chi connectivity index (χ2n) is 3.37. The lowest BCUT2D eigenvalue weighted by Gasteiger charge is -1.99. The van der Waals surface area contributed by atoms with Crippen LogP contribution in [-0.4, -0.2) is 12.5 Å². The molecule has 5 heteroatoms. The second-order valence-corrected chi connectivity index (χ2v) is 4.86. The molecule has 1 amide bonds. The first kappa shape index (κ1) is 11.8. The van der Waals surface area contributed by atoms with Crippen molar-refractivity contribution in [3.8, 4) is 12.3 Å². The minimum absolute atomic E-state index is 0.188. The summed E-state index contributed by atoms with van der Waals surface area (Å²) in [6.07, 6.45) is 5.08. The molecule has 17 heavy (non-hydrogen) atoms. The highest BCUT2D eigenvalue weighted by atomic mass is 35.5. The highest BCUT2D eigenvalue weighted by Crippen LogP contribution is 2.34. The van der Waals surface area contributed by atoms with Crippen molar-refractivity contribution in [1.29, 1.82) is 0 Å². The van der Waals surface area contributed by atoms with E-state index < -0.39 is 0 Å². The summed E-state index contributed by atoms with van der Waals surface area (Å²) in [6.45, 7) is 0.188. The number of nitrogen functional groups attached to an aromatic ring is 1. The highest BCUT2D eigenvalue weighted by molar-refractivity contribution is 7.21. The number of carbonyl (C=O) groups is 1. The zero-order valence-corrected chi connectivity index (χ0v) is 10.4. The Bertz CT molecular complexity index is 627. The number of benzene rings is 1. The van der Waals surface area contributed by atoms with Crippen molar-refractivity contribution < 1.29 is 4.79 Å². The van der Waals surface area contributed by atoms with E-state index >= 15 is 0 Å². The lowest BCUT2D eigenvalue weighted by Crippen LogP contribution is -2.23. The van der Waals surface area contributed by atoms with Crippen LogP contribution in [-0.2, 0) is 0 Å². The molecular formula is C12H9ClN2OS. The second kappa shape index (κ2) is 4.66. The molecule has 3 N–H and O–H groups in total. The number of anilines is 1. The highest BCUT2D eigenvalue weighted by Gasteiger charge is 2.15. The van der Waals surface area contributed by atoms with Crippen LogP contribution in [0.2, 0.25) is 5.02 Å². The van der Waals surface area contributed by atoms with Gasteiger partial charge in [0.05, 0.1) is 12.2 Å². The molecule has 0 saturated heterocycles. The Kier molecular flexibility index (Phi) is 3.23. The minimum atomic E-state index is -0.252. The summed E-state index contributed by atoms with van der Waals surface area (Å²) in [5.74, 6) is 2.09. The quantitative estimate of drug-likeness (QED) is 0.819. The molecule has 0 unspecified atom stereocenters. The number of thiophene rings is 1. The van der Waals surface area contributed by atoms with Gasteiger partial charge in [0, 0.05) is 15.1 Å². The fraction of sp³-hybridized carbons (Fsp3) is 0.0833. The van der Waals surface area contributed by atoms with E-state index in [4.69, 9.17) is 23.8 Å². The van der Waals surface area contributed by atoms with Crippen LogP contribution in [0.15, 0.2) is 18.2 Å². The van der Waals surface area contributed by atoms with Gasteiger partial charge in [-0.25, -0.2) is 0 Å². The van der Waals surface area contributed by atoms with Gasteiger partial charge >= 0.3 is 0 Å². The Hall–Kier alpha value is -1.70. The first-order valence-corrected chi connectivity index (χ1v) is 6.02. The maximum absolute atomic E-state index is 11.8. The topological polar surface area (TPSA) is 55.1 Å². The number of hydrogen-bond donors (Lipinski definition) is 2. The largest absolute Gasteiger partial charge is 0.397 e. The molecule has 0 spiro atoms. The molecule has 0 fully saturated rings. The Morgan fingerprint density at radius 1 is 1.59 bits per heavy atom. The van der Waals surface area contributed by atoms with Gasteiger partial charge in [0.25, 0.3) is 5.91 Å². The summed E-state index contributed by atoms with van der Waals surface area (Å²) in [5.41, 5.74) is 6.39. The first-order chi connectivity index (χ1) is 8.13. The molecule has 2 rings (SSSR count). The lowest BCUT2D eigenvalue weighted by molar-refractivity contribution is 0.0963. The molecule has 0 aliphatic heterocycles. The summed E-state index contributed by atoms with van der Waals surface area (Å²) in [7, 11) is 0. The smallest absolute Gasteiger partial charge is 0.264 e. The van der Waals surface area contributed by atoms with E-state index in [0.29, 0.717) is 15.6 Å². The standard InChI is InChI=1S/C12H9ClN2OS/c1-2-5-15-12(16)11-10(14)8-4-3-7(13)6-9(8)17-11/h1,3-4,6H,5,14H2,(H,15,16). The summed E-state index contributed by atoms with van der Waals surface area (Å²) < 4.78 is 0.890. The molecule has 0 bridgehead atoms. The van der Waals surface area contributed by atoms with Crippen molar-refractivity contribution in [1.82, 2.24) is 5.32 Å². The van der Waals surface area contributed by atoms with E-state index in [1.54, 1.807) is 12.1 Å². The molecule has 0 aliphatic rings. The van der Waals surface area contributed by atoms with Gasteiger partial charge in [-0.2, -0.15) is 0 Å². The number of fused-ring (bicyclic) bond motifs is 1. The number of nitrogens with two attached hydrogens (primary N) is 1. The fourth-order valence-electron chi connectivity index (χ4n) is 1.47. The molecule has 0 radical (unpaired) electrons. The van der Waals surface area contributed by atoms with Crippen LogP contribution in [0, 0.1) is 12.3 Å². The SMILES string of the molecule is C#CCNC(=O)c1sc2cc(Cl)ccc2c1N. The van der Waals surface area contributed by atoms with E-state index in [-0.39, 0.29) is 12.5 Å². The third kappa shape index (κ3) is 2.21. The minimum Gasteiger partial charge on any atom is -0.397 e. The van der Waals surface area contributed by atoms with Gasteiger partial charge in [-0.05, 0) is 18.2 Å². The zero-order chi connectivity index (χ0) is 12.4. The van der Waals surface area contributed by atoms with Crippen molar-refractivity contribution in [3.63, 3.8) is 0 Å². The molecular weight excluding hydrogens is 256 g/mol. The van der Waals surface area contributed by atoms with Crippen LogP contribution >= 0.6 is 22.9 Å². The normalized spacial score (nSPS) is 10.1. The van der Waals surface area contributed by atoms with Gasteiger partial charge in [-0.1, -0.05) is 17.5 Å². The monoisotopic (exact) mass is 264 g/mol. The van der Waals surface area contributed by atoms with E-state index in [9.17, 15) is 4.79 Å². The molecule has 1 aromatic heterocycles. The van der Waals surface area contributed by atoms with Gasteiger partial charge in [-0.3, -0.25) is 4.79 Å². The predicted molar refractivity (Wildman–Crippen MR) is 72.4 cm³/mol. The predicted octanol–water partition coefficient (Wildman–Crippen LogP) is 2.50. The zero-order valence-electron chi connectivity index (χ0n) is 8.79. The van der Waals surface area contributed by atoms with Gasteiger partial charge in [0.1, 0.15) is 4.88 Å². The van der Waals surface area contributed by atoms with Crippen LogP contribution in [0.1, 0.15) is 9.67 Å². The van der Waals surface area contributed by atoms with Crippen LogP contribution < -0.4 is 11.1 Å². The third-order valence-electron chi connectivity index (χ3n) is 2.25. The van der Waals surface area contributed by atoms with Gasteiger partial charge in [0.2, 0.25) is 0 Å². The van der Waals surface area contributed by atoms with E-state index in [1.807, 2.05) is 6.07 Å². The molecule has 1 heterocycles.